The van der Waals surface area contributed by atoms with E-state index in [1.807, 2.05) is 23.1 Å². The fraction of sp³-hybridized carbons (Fsp3) is 0.500. The number of hydrogen-bond acceptors (Lipinski definition) is 4. The summed E-state index contributed by atoms with van der Waals surface area (Å²) in [7, 11) is 0. The molecule has 134 valence electrons. The number of carbonyl (C=O) groups excluding carboxylic acids is 3. The van der Waals surface area contributed by atoms with Crippen LogP contribution in [0.4, 0.5) is 0 Å². The molecule has 3 rings (SSSR count). The van der Waals surface area contributed by atoms with Crippen molar-refractivity contribution in [3.63, 3.8) is 0 Å². The minimum Gasteiger partial charge on any atom is -0.484 e. The van der Waals surface area contributed by atoms with Gasteiger partial charge in [-0.15, -0.1) is 0 Å². The Hall–Kier alpha value is -2.57. The monoisotopic (exact) mass is 345 g/mol. The van der Waals surface area contributed by atoms with Gasteiger partial charge in [0, 0.05) is 32.1 Å². The predicted octanol–water partition coefficient (Wildman–Crippen LogP) is 0.309. The van der Waals surface area contributed by atoms with Gasteiger partial charge >= 0.3 is 0 Å². The van der Waals surface area contributed by atoms with Crippen LogP contribution in [-0.4, -0.2) is 54.9 Å². The van der Waals surface area contributed by atoms with Gasteiger partial charge in [-0.05, 0) is 25.0 Å². The van der Waals surface area contributed by atoms with Crippen LogP contribution in [0.25, 0.3) is 0 Å². The highest BCUT2D eigenvalue weighted by molar-refractivity contribution is 5.89. The molecule has 7 heteroatoms. The molecule has 1 atom stereocenters. The zero-order chi connectivity index (χ0) is 17.6. The van der Waals surface area contributed by atoms with Crippen molar-refractivity contribution in [3.05, 3.63) is 30.3 Å². The van der Waals surface area contributed by atoms with E-state index >= 15 is 0 Å². The highest BCUT2D eigenvalue weighted by Gasteiger charge is 2.41. The summed E-state index contributed by atoms with van der Waals surface area (Å²) >= 11 is 0. The third-order valence-corrected chi connectivity index (χ3v) is 4.38. The molecule has 1 aliphatic heterocycles. The van der Waals surface area contributed by atoms with Crippen LogP contribution < -0.4 is 15.4 Å². The fourth-order valence-electron chi connectivity index (χ4n) is 2.89. The van der Waals surface area contributed by atoms with Crippen molar-refractivity contribution in [2.24, 2.45) is 5.92 Å². The van der Waals surface area contributed by atoms with Crippen molar-refractivity contribution in [1.29, 1.82) is 0 Å². The van der Waals surface area contributed by atoms with Gasteiger partial charge in [0.25, 0.3) is 5.91 Å². The second-order valence-electron chi connectivity index (χ2n) is 6.42. The molecule has 2 aliphatic rings. The Bertz CT molecular complexity index is 630. The lowest BCUT2D eigenvalue weighted by molar-refractivity contribution is -0.129. The number of para-hydroxylation sites is 1. The molecular formula is C18H23N3O4. The summed E-state index contributed by atoms with van der Waals surface area (Å²) < 4.78 is 5.34. The number of amides is 3. The Morgan fingerprint density at radius 3 is 2.56 bits per heavy atom. The van der Waals surface area contributed by atoms with E-state index in [4.69, 9.17) is 4.74 Å². The number of ether oxygens (including phenoxy) is 1. The van der Waals surface area contributed by atoms with Crippen molar-refractivity contribution in [1.82, 2.24) is 15.5 Å². The molecule has 1 saturated heterocycles. The zero-order valence-electron chi connectivity index (χ0n) is 14.1. The molecule has 1 aliphatic carbocycles. The van der Waals surface area contributed by atoms with Gasteiger partial charge in [-0.2, -0.15) is 0 Å². The Balaban J connectivity index is 1.28. The molecule has 1 heterocycles. The SMILES string of the molecule is O=C(COc1ccccc1)NCCNC(=O)[C@H]1CC(=O)N(C2CC2)C1. The van der Waals surface area contributed by atoms with Crippen LogP contribution in [0.15, 0.2) is 30.3 Å². The third-order valence-electron chi connectivity index (χ3n) is 4.38. The van der Waals surface area contributed by atoms with E-state index in [-0.39, 0.29) is 30.2 Å². The molecule has 0 radical (unpaired) electrons. The molecule has 7 nitrogen and oxygen atoms in total. The summed E-state index contributed by atoms with van der Waals surface area (Å²) in [5.74, 6) is 0.0802. The van der Waals surface area contributed by atoms with Crippen LogP contribution in [0.2, 0.25) is 0 Å². The number of nitrogens with one attached hydrogen (secondary N) is 2. The van der Waals surface area contributed by atoms with Crippen molar-refractivity contribution in [2.45, 2.75) is 25.3 Å². The first-order valence-electron chi connectivity index (χ1n) is 8.65. The van der Waals surface area contributed by atoms with Gasteiger partial charge in [0.1, 0.15) is 5.75 Å². The van der Waals surface area contributed by atoms with Gasteiger partial charge in [-0.1, -0.05) is 18.2 Å². The third kappa shape index (κ3) is 4.95. The average molecular weight is 345 g/mol. The maximum atomic E-state index is 12.1. The maximum absolute atomic E-state index is 12.1. The van der Waals surface area contributed by atoms with E-state index in [2.05, 4.69) is 10.6 Å². The molecule has 1 aromatic carbocycles. The quantitative estimate of drug-likeness (QED) is 0.664. The van der Waals surface area contributed by atoms with E-state index in [0.29, 0.717) is 37.8 Å². The fourth-order valence-corrected chi connectivity index (χ4v) is 2.89. The Kier molecular flexibility index (Phi) is 5.53. The maximum Gasteiger partial charge on any atom is 0.258 e. The number of carbonyl (C=O) groups is 3. The van der Waals surface area contributed by atoms with Crippen LogP contribution in [0.1, 0.15) is 19.3 Å². The van der Waals surface area contributed by atoms with E-state index in [1.165, 1.54) is 0 Å². The van der Waals surface area contributed by atoms with Crippen molar-refractivity contribution < 1.29 is 19.1 Å². The summed E-state index contributed by atoms with van der Waals surface area (Å²) in [6.45, 7) is 1.12. The lowest BCUT2D eigenvalue weighted by Crippen LogP contribution is -2.39. The molecule has 0 spiro atoms. The normalized spacial score (nSPS) is 19.6. The highest BCUT2D eigenvalue weighted by atomic mass is 16.5. The van der Waals surface area contributed by atoms with Crippen molar-refractivity contribution in [3.8, 4) is 5.75 Å². The second kappa shape index (κ2) is 8.00. The van der Waals surface area contributed by atoms with Crippen LogP contribution in [-0.2, 0) is 14.4 Å². The van der Waals surface area contributed by atoms with Crippen LogP contribution >= 0.6 is 0 Å². The minimum atomic E-state index is -0.273. The van der Waals surface area contributed by atoms with Gasteiger partial charge in [-0.3, -0.25) is 14.4 Å². The van der Waals surface area contributed by atoms with Gasteiger partial charge < -0.3 is 20.3 Å². The number of likely N-dealkylation sites (tertiary alicyclic amines) is 1. The average Bonchev–Trinajstić information content (AvgIpc) is 3.39. The first-order chi connectivity index (χ1) is 12.1. The summed E-state index contributed by atoms with van der Waals surface area (Å²) in [4.78, 5) is 37.5. The van der Waals surface area contributed by atoms with Crippen LogP contribution in [0.5, 0.6) is 5.75 Å². The van der Waals surface area contributed by atoms with Crippen molar-refractivity contribution >= 4 is 17.7 Å². The molecule has 2 N–H and O–H groups in total. The Labute approximate surface area is 146 Å². The Morgan fingerprint density at radius 1 is 1.12 bits per heavy atom. The number of rotatable bonds is 8. The topological polar surface area (TPSA) is 87.7 Å². The summed E-state index contributed by atoms with van der Waals surface area (Å²) in [5, 5.41) is 5.47. The van der Waals surface area contributed by atoms with E-state index < -0.39 is 0 Å². The minimum absolute atomic E-state index is 0.0641. The van der Waals surface area contributed by atoms with Crippen LogP contribution in [0, 0.1) is 5.92 Å². The lowest BCUT2D eigenvalue weighted by atomic mass is 10.1. The second-order valence-corrected chi connectivity index (χ2v) is 6.42. The molecular weight excluding hydrogens is 322 g/mol. The van der Waals surface area contributed by atoms with Gasteiger partial charge in [-0.25, -0.2) is 0 Å². The highest BCUT2D eigenvalue weighted by Crippen LogP contribution is 2.32. The van der Waals surface area contributed by atoms with E-state index in [0.717, 1.165) is 12.8 Å². The van der Waals surface area contributed by atoms with E-state index in [9.17, 15) is 14.4 Å². The summed E-state index contributed by atoms with van der Waals surface area (Å²) in [5.41, 5.74) is 0. The zero-order valence-corrected chi connectivity index (χ0v) is 14.1. The van der Waals surface area contributed by atoms with Gasteiger partial charge in [0.05, 0.1) is 5.92 Å². The van der Waals surface area contributed by atoms with Gasteiger partial charge in [0.2, 0.25) is 11.8 Å². The number of hydrogen-bond donors (Lipinski definition) is 2. The van der Waals surface area contributed by atoms with E-state index in [1.54, 1.807) is 12.1 Å². The first-order valence-corrected chi connectivity index (χ1v) is 8.65. The van der Waals surface area contributed by atoms with Crippen LogP contribution in [0.3, 0.4) is 0 Å². The summed E-state index contributed by atoms with van der Waals surface area (Å²) in [6, 6.07) is 9.45. The summed E-state index contributed by atoms with van der Waals surface area (Å²) in [6.07, 6.45) is 2.40. The Morgan fingerprint density at radius 2 is 1.84 bits per heavy atom. The molecule has 0 bridgehead atoms. The molecule has 3 amide bonds. The molecule has 0 aromatic heterocycles. The molecule has 0 unspecified atom stereocenters. The first kappa shape index (κ1) is 17.3. The molecule has 25 heavy (non-hydrogen) atoms. The largest absolute Gasteiger partial charge is 0.484 e. The number of nitrogens with zero attached hydrogens (tertiary/aromatic N) is 1. The molecule has 1 saturated carbocycles. The number of benzene rings is 1. The standard InChI is InChI=1S/C18H23N3O4/c22-16(12-25-15-4-2-1-3-5-15)19-8-9-20-18(24)13-10-17(23)21(11-13)14-6-7-14/h1-5,13-14H,6-12H2,(H,19,22)(H,20,24)/t13-/m0/s1. The lowest BCUT2D eigenvalue weighted by Gasteiger charge is -2.15. The molecule has 2 fully saturated rings. The smallest absolute Gasteiger partial charge is 0.258 e. The van der Waals surface area contributed by atoms with Crippen molar-refractivity contribution in [2.75, 3.05) is 26.2 Å². The molecule has 1 aromatic rings. The predicted molar refractivity (Wildman–Crippen MR) is 90.8 cm³/mol. The van der Waals surface area contributed by atoms with Gasteiger partial charge in [0.15, 0.2) is 6.61 Å².